The largest absolute Gasteiger partial charge is 0.493 e. The number of aliphatic hydroxyl groups excluding tert-OH is 2. The van der Waals surface area contributed by atoms with Crippen molar-refractivity contribution in [3.05, 3.63) is 95.1 Å². The fraction of sp³-hybridized carbons (Fsp3) is 0.308. The van der Waals surface area contributed by atoms with E-state index in [0.717, 1.165) is 35.5 Å². The average molecular weight is 407 g/mol. The smallest absolute Gasteiger partial charge is 0.119 e. The maximum atomic E-state index is 8.96. The number of hydrogen-bond acceptors (Lipinski definition) is 4. The quantitative estimate of drug-likeness (QED) is 0.477. The molecule has 30 heavy (non-hydrogen) atoms. The Labute approximate surface area is 178 Å². The molecule has 0 aliphatic carbocycles. The lowest BCUT2D eigenvalue weighted by Gasteiger charge is -2.09. The molecule has 0 aliphatic heterocycles. The van der Waals surface area contributed by atoms with Gasteiger partial charge in [0, 0.05) is 26.1 Å². The van der Waals surface area contributed by atoms with Crippen LogP contribution in [-0.4, -0.2) is 36.6 Å². The average Bonchev–Trinajstić information content (AvgIpc) is 2.78. The molecule has 0 aliphatic rings. The Bertz CT molecular complexity index is 781. The van der Waals surface area contributed by atoms with Crippen molar-refractivity contribution in [2.75, 3.05) is 26.4 Å². The summed E-state index contributed by atoms with van der Waals surface area (Å²) in [6.07, 6.45) is 3.06. The van der Waals surface area contributed by atoms with Crippen LogP contribution in [0.4, 0.5) is 0 Å². The summed E-state index contributed by atoms with van der Waals surface area (Å²) in [4.78, 5) is 0. The Hall–Kier alpha value is -2.82. The molecule has 0 unspecified atom stereocenters. The summed E-state index contributed by atoms with van der Waals surface area (Å²) in [5.74, 6) is 1.71. The normalized spacial score (nSPS) is 10.7. The molecule has 0 atom stereocenters. The molecule has 3 rings (SSSR count). The lowest BCUT2D eigenvalue weighted by molar-refractivity contribution is 0.299. The van der Waals surface area contributed by atoms with E-state index < -0.39 is 0 Å². The van der Waals surface area contributed by atoms with Gasteiger partial charge < -0.3 is 19.7 Å². The molecule has 0 amide bonds. The van der Waals surface area contributed by atoms with Crippen molar-refractivity contribution >= 4 is 0 Å². The first-order valence-corrected chi connectivity index (χ1v) is 10.5. The molecule has 4 heteroatoms. The maximum absolute atomic E-state index is 8.96. The van der Waals surface area contributed by atoms with Crippen LogP contribution < -0.4 is 9.47 Å². The number of hydrogen-bond donors (Lipinski definition) is 2. The van der Waals surface area contributed by atoms with Crippen LogP contribution in [0.5, 0.6) is 11.5 Å². The van der Waals surface area contributed by atoms with Gasteiger partial charge >= 0.3 is 0 Å². The molecule has 0 bridgehead atoms. The minimum absolute atomic E-state index is 0.168. The molecule has 0 fully saturated rings. The first-order valence-electron chi connectivity index (χ1n) is 10.5. The third kappa shape index (κ3) is 7.21. The standard InChI is InChI=1S/C26H30O4/c27-17-13-21-5-9-25(10-6-21)29-19-15-23-1-2-24(4-3-23)16-20-30-26-11-7-22(8-12-26)14-18-28/h1-12,27-28H,13-20H2. The second-order valence-corrected chi connectivity index (χ2v) is 7.25. The topological polar surface area (TPSA) is 58.9 Å². The van der Waals surface area contributed by atoms with Crippen LogP contribution in [0.1, 0.15) is 22.3 Å². The van der Waals surface area contributed by atoms with Gasteiger partial charge in [-0.1, -0.05) is 48.5 Å². The molecule has 0 radical (unpaired) electrons. The van der Waals surface area contributed by atoms with Gasteiger partial charge in [-0.05, 0) is 59.4 Å². The molecular weight excluding hydrogens is 376 g/mol. The highest BCUT2D eigenvalue weighted by atomic mass is 16.5. The van der Waals surface area contributed by atoms with Crippen LogP contribution in [0.3, 0.4) is 0 Å². The van der Waals surface area contributed by atoms with E-state index in [0.29, 0.717) is 26.1 Å². The van der Waals surface area contributed by atoms with E-state index >= 15 is 0 Å². The van der Waals surface area contributed by atoms with E-state index in [1.807, 2.05) is 48.5 Å². The van der Waals surface area contributed by atoms with E-state index in [2.05, 4.69) is 24.3 Å². The summed E-state index contributed by atoms with van der Waals surface area (Å²) in [5.41, 5.74) is 4.72. The minimum Gasteiger partial charge on any atom is -0.493 e. The van der Waals surface area contributed by atoms with Gasteiger partial charge in [0.1, 0.15) is 11.5 Å². The van der Waals surface area contributed by atoms with Crippen LogP contribution in [-0.2, 0) is 25.7 Å². The molecule has 4 nitrogen and oxygen atoms in total. The highest BCUT2D eigenvalue weighted by Crippen LogP contribution is 2.15. The number of benzene rings is 3. The molecule has 0 saturated heterocycles. The van der Waals surface area contributed by atoms with E-state index in [-0.39, 0.29) is 13.2 Å². The number of rotatable bonds is 12. The van der Waals surface area contributed by atoms with E-state index in [1.165, 1.54) is 11.1 Å². The Morgan fingerprint density at radius 2 is 0.733 bits per heavy atom. The first-order chi connectivity index (χ1) is 14.8. The van der Waals surface area contributed by atoms with Crippen LogP contribution in [0, 0.1) is 0 Å². The van der Waals surface area contributed by atoms with Crippen LogP contribution >= 0.6 is 0 Å². The Morgan fingerprint density at radius 1 is 0.433 bits per heavy atom. The van der Waals surface area contributed by atoms with Gasteiger partial charge in [0.25, 0.3) is 0 Å². The zero-order chi connectivity index (χ0) is 21.0. The van der Waals surface area contributed by atoms with Gasteiger partial charge in [-0.3, -0.25) is 0 Å². The fourth-order valence-electron chi connectivity index (χ4n) is 3.21. The van der Waals surface area contributed by atoms with Crippen molar-refractivity contribution in [2.24, 2.45) is 0 Å². The summed E-state index contributed by atoms with van der Waals surface area (Å²) in [6, 6.07) is 24.4. The second kappa shape index (κ2) is 12.0. The van der Waals surface area contributed by atoms with Crippen molar-refractivity contribution in [3.8, 4) is 11.5 Å². The lowest BCUT2D eigenvalue weighted by Crippen LogP contribution is -2.03. The molecule has 158 valence electrons. The summed E-state index contributed by atoms with van der Waals surface area (Å²) in [5, 5.41) is 17.9. The maximum Gasteiger partial charge on any atom is 0.119 e. The van der Waals surface area contributed by atoms with E-state index in [9.17, 15) is 0 Å². The zero-order valence-corrected chi connectivity index (χ0v) is 17.3. The highest BCUT2D eigenvalue weighted by molar-refractivity contribution is 5.29. The van der Waals surface area contributed by atoms with Gasteiger partial charge in [0.05, 0.1) is 13.2 Å². The van der Waals surface area contributed by atoms with Gasteiger partial charge in [-0.2, -0.15) is 0 Å². The van der Waals surface area contributed by atoms with Crippen molar-refractivity contribution < 1.29 is 19.7 Å². The van der Waals surface area contributed by atoms with Gasteiger partial charge in [-0.15, -0.1) is 0 Å². The predicted octanol–water partition coefficient (Wildman–Crippen LogP) is 4.00. The Kier molecular flexibility index (Phi) is 8.76. The molecule has 0 saturated carbocycles. The first kappa shape index (κ1) is 21.9. The van der Waals surface area contributed by atoms with Crippen molar-refractivity contribution in [1.82, 2.24) is 0 Å². The van der Waals surface area contributed by atoms with Crippen molar-refractivity contribution in [1.29, 1.82) is 0 Å². The highest BCUT2D eigenvalue weighted by Gasteiger charge is 2.00. The van der Waals surface area contributed by atoms with Crippen molar-refractivity contribution in [3.63, 3.8) is 0 Å². The van der Waals surface area contributed by atoms with Crippen LogP contribution in [0.2, 0.25) is 0 Å². The van der Waals surface area contributed by atoms with Gasteiger partial charge in [0.2, 0.25) is 0 Å². The minimum atomic E-state index is 0.168. The lowest BCUT2D eigenvalue weighted by atomic mass is 10.1. The monoisotopic (exact) mass is 406 g/mol. The molecule has 3 aromatic carbocycles. The Balaban J connectivity index is 1.37. The predicted molar refractivity (Wildman–Crippen MR) is 119 cm³/mol. The van der Waals surface area contributed by atoms with E-state index in [1.54, 1.807) is 0 Å². The molecular formula is C26H30O4. The van der Waals surface area contributed by atoms with Crippen molar-refractivity contribution in [2.45, 2.75) is 25.7 Å². The molecule has 0 aromatic heterocycles. The summed E-state index contributed by atoms with van der Waals surface area (Å²) in [7, 11) is 0. The molecule has 2 N–H and O–H groups in total. The second-order valence-electron chi connectivity index (χ2n) is 7.25. The zero-order valence-electron chi connectivity index (χ0n) is 17.3. The molecule has 3 aromatic rings. The van der Waals surface area contributed by atoms with Crippen LogP contribution in [0.15, 0.2) is 72.8 Å². The van der Waals surface area contributed by atoms with E-state index in [4.69, 9.17) is 19.7 Å². The SMILES string of the molecule is OCCc1ccc(OCCc2ccc(CCOc3ccc(CCO)cc3)cc2)cc1. The third-order valence-corrected chi connectivity index (χ3v) is 4.99. The number of ether oxygens (including phenoxy) is 2. The summed E-state index contributed by atoms with van der Waals surface area (Å²) >= 11 is 0. The Morgan fingerprint density at radius 3 is 1.07 bits per heavy atom. The van der Waals surface area contributed by atoms with Gasteiger partial charge in [-0.25, -0.2) is 0 Å². The number of aliphatic hydroxyl groups is 2. The third-order valence-electron chi connectivity index (χ3n) is 4.99. The van der Waals surface area contributed by atoms with Gasteiger partial charge in [0.15, 0.2) is 0 Å². The summed E-state index contributed by atoms with van der Waals surface area (Å²) in [6.45, 7) is 1.60. The summed E-state index contributed by atoms with van der Waals surface area (Å²) < 4.78 is 11.6. The molecule has 0 heterocycles. The van der Waals surface area contributed by atoms with Crippen LogP contribution in [0.25, 0.3) is 0 Å². The molecule has 0 spiro atoms. The fourth-order valence-corrected chi connectivity index (χ4v) is 3.21.